The molecule has 0 aromatic rings. The topological polar surface area (TPSA) is 18.5 Å². The third kappa shape index (κ3) is 3.72. The minimum Gasteiger partial charge on any atom is -0.381 e. The third-order valence-electron chi connectivity index (χ3n) is 10.9. The van der Waals surface area contributed by atoms with Crippen molar-refractivity contribution in [3.8, 4) is 0 Å². The van der Waals surface area contributed by atoms with Gasteiger partial charge in [0.1, 0.15) is 0 Å². The van der Waals surface area contributed by atoms with E-state index >= 15 is 0 Å². The second-order valence-corrected chi connectivity index (χ2v) is 12.6. The van der Waals surface area contributed by atoms with Crippen LogP contribution in [0, 0.1) is 40.4 Å². The second-order valence-electron chi connectivity index (χ2n) is 12.6. The lowest BCUT2D eigenvalue weighted by molar-refractivity contribution is -0.0619. The monoisotopic (exact) mass is 416 g/mol. The molecule has 172 valence electrons. The summed E-state index contributed by atoms with van der Waals surface area (Å²) in [5.74, 6) is 4.49. The van der Waals surface area contributed by atoms with Gasteiger partial charge in [-0.3, -0.25) is 0 Å². The van der Waals surface area contributed by atoms with Gasteiger partial charge < -0.3 is 9.47 Å². The fraction of sp³-hybridized carbons (Fsp3) is 0.929. The molecule has 0 heterocycles. The van der Waals surface area contributed by atoms with Crippen molar-refractivity contribution in [3.63, 3.8) is 0 Å². The summed E-state index contributed by atoms with van der Waals surface area (Å²) in [5, 5.41) is 0. The zero-order valence-electron chi connectivity index (χ0n) is 20.9. The molecule has 0 amide bonds. The van der Waals surface area contributed by atoms with Gasteiger partial charge in [0.15, 0.2) is 0 Å². The summed E-state index contributed by atoms with van der Waals surface area (Å²) in [6.07, 6.45) is 16.6. The Morgan fingerprint density at radius 2 is 1.83 bits per heavy atom. The van der Waals surface area contributed by atoms with Gasteiger partial charge >= 0.3 is 0 Å². The Labute approximate surface area is 186 Å². The zero-order valence-corrected chi connectivity index (χ0v) is 20.9. The summed E-state index contributed by atoms with van der Waals surface area (Å²) in [7, 11) is 3.77. The van der Waals surface area contributed by atoms with Gasteiger partial charge in [-0.1, -0.05) is 32.4 Å². The molecule has 8 atom stereocenters. The van der Waals surface area contributed by atoms with Crippen LogP contribution in [0.25, 0.3) is 0 Å². The highest BCUT2D eigenvalue weighted by molar-refractivity contribution is 5.25. The molecule has 4 rings (SSSR count). The Morgan fingerprint density at radius 3 is 2.53 bits per heavy atom. The Hall–Kier alpha value is -0.340. The zero-order chi connectivity index (χ0) is 21.7. The Morgan fingerprint density at radius 1 is 1.07 bits per heavy atom. The van der Waals surface area contributed by atoms with Gasteiger partial charge in [-0.25, -0.2) is 0 Å². The van der Waals surface area contributed by atoms with Crippen LogP contribution in [0.15, 0.2) is 11.6 Å². The molecule has 4 aliphatic rings. The van der Waals surface area contributed by atoms with Gasteiger partial charge in [-0.15, -0.1) is 0 Å². The van der Waals surface area contributed by atoms with E-state index < -0.39 is 0 Å². The number of ether oxygens (including phenoxy) is 2. The summed E-state index contributed by atoms with van der Waals surface area (Å²) in [6, 6.07) is 0. The van der Waals surface area contributed by atoms with Gasteiger partial charge in [0, 0.05) is 14.2 Å². The highest BCUT2D eigenvalue weighted by atomic mass is 16.5. The van der Waals surface area contributed by atoms with Gasteiger partial charge in [0.05, 0.1) is 11.7 Å². The van der Waals surface area contributed by atoms with Crippen molar-refractivity contribution in [2.75, 3.05) is 14.2 Å². The molecule has 0 aliphatic heterocycles. The molecule has 3 unspecified atom stereocenters. The van der Waals surface area contributed by atoms with Gasteiger partial charge in [-0.05, 0) is 118 Å². The van der Waals surface area contributed by atoms with Crippen LogP contribution >= 0.6 is 0 Å². The Kier molecular flexibility index (Phi) is 6.26. The van der Waals surface area contributed by atoms with Crippen molar-refractivity contribution in [1.82, 2.24) is 0 Å². The number of rotatable bonds is 6. The largest absolute Gasteiger partial charge is 0.381 e. The van der Waals surface area contributed by atoms with E-state index in [4.69, 9.17) is 9.47 Å². The lowest BCUT2D eigenvalue weighted by Crippen LogP contribution is -2.51. The van der Waals surface area contributed by atoms with Crippen LogP contribution in [0.5, 0.6) is 0 Å². The third-order valence-corrected chi connectivity index (χ3v) is 10.9. The first-order chi connectivity index (χ1) is 14.1. The first-order valence-electron chi connectivity index (χ1n) is 12.9. The molecule has 2 heteroatoms. The predicted octanol–water partition coefficient (Wildman–Crippen LogP) is 7.42. The molecule has 0 N–H and O–H groups in total. The van der Waals surface area contributed by atoms with Crippen molar-refractivity contribution >= 4 is 0 Å². The predicted molar refractivity (Wildman–Crippen MR) is 125 cm³/mol. The molecule has 0 aromatic carbocycles. The summed E-state index contributed by atoms with van der Waals surface area (Å²) in [5.41, 5.74) is 2.77. The van der Waals surface area contributed by atoms with Gasteiger partial charge in [0.2, 0.25) is 0 Å². The number of methoxy groups -OCH3 is 2. The summed E-state index contributed by atoms with van der Waals surface area (Å²) < 4.78 is 11.5. The number of hydrogen-bond acceptors (Lipinski definition) is 2. The van der Waals surface area contributed by atoms with Gasteiger partial charge in [0.25, 0.3) is 0 Å². The van der Waals surface area contributed by atoms with E-state index in [1.165, 1.54) is 64.2 Å². The molecule has 0 aromatic heterocycles. The smallest absolute Gasteiger partial charge is 0.0622 e. The quantitative estimate of drug-likeness (QED) is 0.419. The van der Waals surface area contributed by atoms with Crippen LogP contribution in [0.1, 0.15) is 98.8 Å². The molecule has 3 fully saturated rings. The van der Waals surface area contributed by atoms with Crippen LogP contribution in [-0.4, -0.2) is 25.9 Å². The maximum atomic E-state index is 5.75. The molecular weight excluding hydrogens is 368 g/mol. The second kappa shape index (κ2) is 8.22. The minimum absolute atomic E-state index is 0.0189. The standard InChI is InChI=1S/C28H48O2/c1-19(12-15-26(2,3)30-7)23-10-11-24-22-9-8-20-18-21(29-6)13-16-27(20,4)25(22)14-17-28(23,24)5/h8,19,21-25H,9-18H2,1-7H3/t19-,21+,22+,23?,24?,25?,27+,28-/m1/s1. The summed E-state index contributed by atoms with van der Waals surface area (Å²) >= 11 is 0. The first-order valence-corrected chi connectivity index (χ1v) is 12.9. The van der Waals surface area contributed by atoms with Crippen LogP contribution < -0.4 is 0 Å². The fourth-order valence-corrected chi connectivity index (χ4v) is 8.68. The molecule has 3 saturated carbocycles. The van der Waals surface area contributed by atoms with Crippen LogP contribution in [0.4, 0.5) is 0 Å². The van der Waals surface area contributed by atoms with Crippen molar-refractivity contribution in [1.29, 1.82) is 0 Å². The molecule has 30 heavy (non-hydrogen) atoms. The molecule has 0 saturated heterocycles. The lowest BCUT2D eigenvalue weighted by atomic mass is 9.47. The average Bonchev–Trinajstić information content (AvgIpc) is 3.08. The van der Waals surface area contributed by atoms with E-state index in [-0.39, 0.29) is 5.60 Å². The van der Waals surface area contributed by atoms with E-state index in [9.17, 15) is 0 Å². The van der Waals surface area contributed by atoms with Crippen molar-refractivity contribution in [3.05, 3.63) is 11.6 Å². The van der Waals surface area contributed by atoms with Crippen LogP contribution in [-0.2, 0) is 9.47 Å². The highest BCUT2D eigenvalue weighted by Gasteiger charge is 2.59. The highest BCUT2D eigenvalue weighted by Crippen LogP contribution is 2.67. The van der Waals surface area contributed by atoms with E-state index in [1.807, 2.05) is 14.2 Å². The van der Waals surface area contributed by atoms with Crippen LogP contribution in [0.3, 0.4) is 0 Å². The molecule has 2 nitrogen and oxygen atoms in total. The first kappa shape index (κ1) is 22.8. The van der Waals surface area contributed by atoms with Gasteiger partial charge in [-0.2, -0.15) is 0 Å². The molecule has 0 bridgehead atoms. The number of hydrogen-bond donors (Lipinski definition) is 0. The fourth-order valence-electron chi connectivity index (χ4n) is 8.68. The average molecular weight is 417 g/mol. The molecule has 0 radical (unpaired) electrons. The van der Waals surface area contributed by atoms with E-state index in [2.05, 4.69) is 40.7 Å². The van der Waals surface area contributed by atoms with Crippen LogP contribution in [0.2, 0.25) is 0 Å². The number of fused-ring (bicyclic) bond motifs is 5. The summed E-state index contributed by atoms with van der Waals surface area (Å²) in [4.78, 5) is 0. The van der Waals surface area contributed by atoms with E-state index in [1.54, 1.807) is 5.57 Å². The lowest BCUT2D eigenvalue weighted by Gasteiger charge is -2.58. The van der Waals surface area contributed by atoms with E-state index in [0.717, 1.165) is 29.6 Å². The summed E-state index contributed by atoms with van der Waals surface area (Å²) in [6.45, 7) is 12.3. The maximum Gasteiger partial charge on any atom is 0.0622 e. The van der Waals surface area contributed by atoms with Crippen molar-refractivity contribution < 1.29 is 9.47 Å². The minimum atomic E-state index is 0.0189. The molecular formula is C28H48O2. The van der Waals surface area contributed by atoms with E-state index in [0.29, 0.717) is 16.9 Å². The van der Waals surface area contributed by atoms with Crippen molar-refractivity contribution in [2.24, 2.45) is 40.4 Å². The molecule has 0 spiro atoms. The molecule has 4 aliphatic carbocycles. The Bertz CT molecular complexity index is 651. The SMILES string of the molecule is CO[C@H]1CC[C@@]2(C)C(=CC[C@H]3C4CCC([C@H](C)CCC(C)(C)OC)[C@@]4(C)CCC32)C1. The maximum absolute atomic E-state index is 5.75. The number of allylic oxidation sites excluding steroid dienone is 1. The normalized spacial score (nSPS) is 44.6. The van der Waals surface area contributed by atoms with Crippen molar-refractivity contribution in [2.45, 2.75) is 111 Å². The Balaban J connectivity index is 1.49.